The third-order valence-electron chi connectivity index (χ3n) is 4.02. The zero-order valence-corrected chi connectivity index (χ0v) is 12.2. The first kappa shape index (κ1) is 12.9. The van der Waals surface area contributed by atoms with Crippen molar-refractivity contribution in [3.8, 4) is 16.9 Å². The lowest BCUT2D eigenvalue weighted by Gasteiger charge is -2.24. The molecule has 4 rings (SSSR count). The van der Waals surface area contributed by atoms with Gasteiger partial charge in [0.25, 0.3) is 5.91 Å². The van der Waals surface area contributed by atoms with Crippen molar-refractivity contribution in [1.82, 2.24) is 0 Å². The number of nitrogens with one attached hydrogen (secondary N) is 1. The molecule has 0 saturated carbocycles. The summed E-state index contributed by atoms with van der Waals surface area (Å²) in [7, 11) is 0. The van der Waals surface area contributed by atoms with Crippen LogP contribution in [0.25, 0.3) is 21.9 Å². The quantitative estimate of drug-likeness (QED) is 0.672. The smallest absolute Gasteiger partial charge is 0.265 e. The van der Waals surface area contributed by atoms with Crippen molar-refractivity contribution in [2.45, 2.75) is 13.0 Å². The molecule has 1 amide bonds. The summed E-state index contributed by atoms with van der Waals surface area (Å²) in [4.78, 5) is 12.2. The van der Waals surface area contributed by atoms with Gasteiger partial charge in [0.15, 0.2) is 6.10 Å². The molecule has 0 radical (unpaired) electrons. The fraction of sp³-hybridized carbons (Fsp3) is 0.105. The van der Waals surface area contributed by atoms with E-state index in [4.69, 9.17) is 4.74 Å². The van der Waals surface area contributed by atoms with E-state index in [0.29, 0.717) is 0 Å². The first-order valence-corrected chi connectivity index (χ1v) is 7.33. The number of hydrogen-bond donors (Lipinski definition) is 1. The molecule has 3 aromatic carbocycles. The minimum atomic E-state index is -0.534. The van der Waals surface area contributed by atoms with Crippen LogP contribution in [0.1, 0.15) is 6.92 Å². The molecule has 0 aliphatic carbocycles. The van der Waals surface area contributed by atoms with Gasteiger partial charge in [0.2, 0.25) is 0 Å². The summed E-state index contributed by atoms with van der Waals surface area (Å²) < 4.78 is 5.90. The average molecular weight is 289 g/mol. The molecular weight excluding hydrogens is 274 g/mol. The van der Waals surface area contributed by atoms with Crippen molar-refractivity contribution in [2.24, 2.45) is 0 Å². The Labute approximate surface area is 128 Å². The molecule has 1 N–H and O–H groups in total. The molecule has 3 heteroatoms. The number of carbonyl (C=O) groups excluding carboxylic acids is 1. The standard InChI is InChI=1S/C19H15NO2/c1-12-19(21)20-16-9-5-4-8-15(16)18-14-7-3-2-6-13(14)10-11-17(18)22-12/h2-12H,1H3,(H,20,21)/t12-/m0/s1. The molecule has 0 unspecified atom stereocenters. The fourth-order valence-electron chi connectivity index (χ4n) is 2.92. The molecule has 1 aliphatic heterocycles. The van der Waals surface area contributed by atoms with Crippen molar-refractivity contribution in [2.75, 3.05) is 5.32 Å². The Morgan fingerprint density at radius 2 is 1.73 bits per heavy atom. The van der Waals surface area contributed by atoms with Gasteiger partial charge in [-0.25, -0.2) is 0 Å². The summed E-state index contributed by atoms with van der Waals surface area (Å²) in [6, 6.07) is 20.0. The summed E-state index contributed by atoms with van der Waals surface area (Å²) in [5.41, 5.74) is 2.83. The Balaban J connectivity index is 2.10. The van der Waals surface area contributed by atoms with Gasteiger partial charge in [0.1, 0.15) is 5.75 Å². The van der Waals surface area contributed by atoms with Crippen LogP contribution in [0.15, 0.2) is 60.7 Å². The van der Waals surface area contributed by atoms with Crippen molar-refractivity contribution in [1.29, 1.82) is 0 Å². The highest BCUT2D eigenvalue weighted by Gasteiger charge is 2.23. The number of fused-ring (bicyclic) bond motifs is 5. The molecule has 1 aliphatic rings. The highest BCUT2D eigenvalue weighted by atomic mass is 16.5. The minimum Gasteiger partial charge on any atom is -0.480 e. The summed E-state index contributed by atoms with van der Waals surface area (Å²) in [5, 5.41) is 5.23. The van der Waals surface area contributed by atoms with Crippen molar-refractivity contribution in [3.05, 3.63) is 60.7 Å². The number of ether oxygens (including phenoxy) is 1. The van der Waals surface area contributed by atoms with Gasteiger partial charge in [0, 0.05) is 16.8 Å². The fourth-order valence-corrected chi connectivity index (χ4v) is 2.92. The van der Waals surface area contributed by atoms with E-state index in [1.54, 1.807) is 6.92 Å². The van der Waals surface area contributed by atoms with Gasteiger partial charge in [0.05, 0.1) is 0 Å². The molecule has 1 heterocycles. The lowest BCUT2D eigenvalue weighted by atomic mass is 9.95. The van der Waals surface area contributed by atoms with Crippen LogP contribution < -0.4 is 10.1 Å². The number of anilines is 1. The Morgan fingerprint density at radius 1 is 0.955 bits per heavy atom. The number of amides is 1. The topological polar surface area (TPSA) is 38.3 Å². The number of rotatable bonds is 0. The maximum atomic E-state index is 12.2. The van der Waals surface area contributed by atoms with E-state index in [1.807, 2.05) is 48.5 Å². The van der Waals surface area contributed by atoms with Crippen LogP contribution in [0.5, 0.6) is 5.75 Å². The maximum Gasteiger partial charge on any atom is 0.265 e. The van der Waals surface area contributed by atoms with Gasteiger partial charge < -0.3 is 10.1 Å². The van der Waals surface area contributed by atoms with Crippen LogP contribution in [0.3, 0.4) is 0 Å². The lowest BCUT2D eigenvalue weighted by Crippen LogP contribution is -2.31. The summed E-state index contributed by atoms with van der Waals surface area (Å²) >= 11 is 0. The molecule has 0 fully saturated rings. The second-order valence-electron chi connectivity index (χ2n) is 5.45. The predicted molar refractivity (Wildman–Crippen MR) is 88.1 cm³/mol. The normalized spacial score (nSPS) is 16.8. The van der Waals surface area contributed by atoms with E-state index in [9.17, 15) is 4.79 Å². The largest absolute Gasteiger partial charge is 0.480 e. The Morgan fingerprint density at radius 3 is 2.64 bits per heavy atom. The first-order chi connectivity index (χ1) is 10.7. The third-order valence-corrected chi connectivity index (χ3v) is 4.02. The molecular formula is C19H15NO2. The second kappa shape index (κ2) is 4.88. The minimum absolute atomic E-state index is 0.133. The molecule has 0 saturated heterocycles. The SMILES string of the molecule is C[C@@H]1Oc2ccc3ccccc3c2-c2ccccc2NC1=O. The lowest BCUT2D eigenvalue weighted by molar-refractivity contribution is -0.122. The molecule has 0 bridgehead atoms. The molecule has 108 valence electrons. The Kier molecular flexibility index (Phi) is 2.86. The van der Waals surface area contributed by atoms with Crippen LogP contribution in [0.2, 0.25) is 0 Å². The third kappa shape index (κ3) is 1.94. The van der Waals surface area contributed by atoms with E-state index in [-0.39, 0.29) is 5.91 Å². The summed E-state index contributed by atoms with van der Waals surface area (Å²) in [6.45, 7) is 1.77. The zero-order chi connectivity index (χ0) is 15.1. The monoisotopic (exact) mass is 289 g/mol. The van der Waals surface area contributed by atoms with Crippen molar-refractivity contribution in [3.63, 3.8) is 0 Å². The van der Waals surface area contributed by atoms with Crippen LogP contribution in [0.4, 0.5) is 5.69 Å². The van der Waals surface area contributed by atoms with Gasteiger partial charge in [-0.1, -0.05) is 48.5 Å². The number of para-hydroxylation sites is 1. The van der Waals surface area contributed by atoms with Crippen molar-refractivity contribution < 1.29 is 9.53 Å². The van der Waals surface area contributed by atoms with Crippen LogP contribution in [0, 0.1) is 0 Å². The van der Waals surface area contributed by atoms with E-state index >= 15 is 0 Å². The molecule has 3 nitrogen and oxygen atoms in total. The van der Waals surface area contributed by atoms with Crippen LogP contribution >= 0.6 is 0 Å². The maximum absolute atomic E-state index is 12.2. The molecule has 3 aromatic rings. The number of hydrogen-bond acceptors (Lipinski definition) is 2. The average Bonchev–Trinajstić information content (AvgIpc) is 2.54. The van der Waals surface area contributed by atoms with E-state index in [2.05, 4.69) is 17.4 Å². The van der Waals surface area contributed by atoms with E-state index in [1.165, 1.54) is 0 Å². The molecule has 1 atom stereocenters. The summed E-state index contributed by atoms with van der Waals surface area (Å²) in [6.07, 6.45) is -0.534. The second-order valence-corrected chi connectivity index (χ2v) is 5.45. The first-order valence-electron chi connectivity index (χ1n) is 7.33. The highest BCUT2D eigenvalue weighted by Crippen LogP contribution is 2.42. The van der Waals surface area contributed by atoms with Crippen molar-refractivity contribution >= 4 is 22.4 Å². The van der Waals surface area contributed by atoms with Crippen LogP contribution in [-0.2, 0) is 4.79 Å². The van der Waals surface area contributed by atoms with E-state index in [0.717, 1.165) is 33.3 Å². The molecule has 0 spiro atoms. The zero-order valence-electron chi connectivity index (χ0n) is 12.2. The molecule has 0 aromatic heterocycles. The Hall–Kier alpha value is -2.81. The van der Waals surface area contributed by atoms with E-state index < -0.39 is 6.10 Å². The summed E-state index contributed by atoms with van der Waals surface area (Å²) in [5.74, 6) is 0.611. The predicted octanol–water partition coefficient (Wildman–Crippen LogP) is 4.23. The Bertz CT molecular complexity index is 885. The number of benzene rings is 3. The highest BCUT2D eigenvalue weighted by molar-refractivity contribution is 6.06. The number of carbonyl (C=O) groups is 1. The van der Waals surface area contributed by atoms with Gasteiger partial charge >= 0.3 is 0 Å². The van der Waals surface area contributed by atoms with Gasteiger partial charge in [-0.3, -0.25) is 4.79 Å². The van der Waals surface area contributed by atoms with Crippen LogP contribution in [-0.4, -0.2) is 12.0 Å². The molecule has 22 heavy (non-hydrogen) atoms. The van der Waals surface area contributed by atoms with Gasteiger partial charge in [-0.05, 0) is 29.8 Å². The van der Waals surface area contributed by atoms with Gasteiger partial charge in [-0.2, -0.15) is 0 Å². The van der Waals surface area contributed by atoms with Gasteiger partial charge in [-0.15, -0.1) is 0 Å².